The zero-order valence-corrected chi connectivity index (χ0v) is 22.7. The molecule has 0 saturated carbocycles. The van der Waals surface area contributed by atoms with Gasteiger partial charge in [-0.05, 0) is 55.3 Å². The van der Waals surface area contributed by atoms with Crippen LogP contribution in [0.1, 0.15) is 31.0 Å². The number of hydrogen-bond donors (Lipinski definition) is 0. The van der Waals surface area contributed by atoms with Gasteiger partial charge in [-0.25, -0.2) is 9.79 Å². The lowest BCUT2D eigenvalue weighted by molar-refractivity contribution is -0.139. The molecule has 3 aromatic rings. The third-order valence-corrected chi connectivity index (χ3v) is 7.34. The summed E-state index contributed by atoms with van der Waals surface area (Å²) in [4.78, 5) is 31.9. The van der Waals surface area contributed by atoms with Crippen molar-refractivity contribution in [3.8, 4) is 11.5 Å². The number of allylic oxidation sites excluding steroid dienone is 1. The van der Waals surface area contributed by atoms with Crippen molar-refractivity contribution in [3.05, 3.63) is 101 Å². The second kappa shape index (κ2) is 11.4. The second-order valence-electron chi connectivity index (χ2n) is 7.99. The van der Waals surface area contributed by atoms with E-state index in [0.717, 1.165) is 0 Å². The van der Waals surface area contributed by atoms with Gasteiger partial charge in [0.1, 0.15) is 6.61 Å². The molecule has 4 rings (SSSR count). The van der Waals surface area contributed by atoms with E-state index >= 15 is 0 Å². The Hall–Kier alpha value is -3.33. The molecular weight excluding hydrogens is 535 g/mol. The van der Waals surface area contributed by atoms with Crippen LogP contribution in [-0.4, -0.2) is 30.9 Å². The maximum Gasteiger partial charge on any atom is 0.338 e. The summed E-state index contributed by atoms with van der Waals surface area (Å²) in [5.41, 5.74) is 1.79. The first kappa shape index (κ1) is 26.7. The molecule has 0 saturated heterocycles. The van der Waals surface area contributed by atoms with Gasteiger partial charge in [-0.3, -0.25) is 9.36 Å². The first-order chi connectivity index (χ1) is 17.8. The van der Waals surface area contributed by atoms with E-state index in [1.54, 1.807) is 62.4 Å². The van der Waals surface area contributed by atoms with Crippen LogP contribution in [0.25, 0.3) is 6.08 Å². The summed E-state index contributed by atoms with van der Waals surface area (Å²) in [6, 6.07) is 9.61. The molecule has 192 valence electrons. The number of esters is 1. The van der Waals surface area contributed by atoms with E-state index in [-0.39, 0.29) is 17.7 Å². The van der Waals surface area contributed by atoms with Crippen molar-refractivity contribution >= 4 is 46.6 Å². The Morgan fingerprint density at radius 1 is 1.19 bits per heavy atom. The van der Waals surface area contributed by atoms with E-state index in [9.17, 15) is 9.59 Å². The minimum absolute atomic E-state index is 0.182. The molecule has 0 radical (unpaired) electrons. The number of carbonyl (C=O) groups is 1. The molecule has 0 fully saturated rings. The molecule has 1 aromatic heterocycles. The summed E-state index contributed by atoms with van der Waals surface area (Å²) in [5, 5.41) is 0.803. The third-order valence-electron chi connectivity index (χ3n) is 5.62. The highest BCUT2D eigenvalue weighted by molar-refractivity contribution is 7.07. The fourth-order valence-corrected chi connectivity index (χ4v) is 5.34. The van der Waals surface area contributed by atoms with Gasteiger partial charge in [0.05, 0.1) is 45.6 Å². The van der Waals surface area contributed by atoms with Gasteiger partial charge in [0.15, 0.2) is 16.3 Å². The van der Waals surface area contributed by atoms with Crippen molar-refractivity contribution in [1.82, 2.24) is 4.57 Å². The number of methoxy groups -OCH3 is 1. The zero-order chi connectivity index (χ0) is 26.7. The maximum absolute atomic E-state index is 13.7. The summed E-state index contributed by atoms with van der Waals surface area (Å²) in [5.74, 6) is 0.421. The van der Waals surface area contributed by atoms with Crippen LogP contribution < -0.4 is 24.4 Å². The predicted octanol–water partition coefficient (Wildman–Crippen LogP) is 4.68. The van der Waals surface area contributed by atoms with Crippen LogP contribution in [0, 0.1) is 0 Å². The smallest absolute Gasteiger partial charge is 0.338 e. The van der Waals surface area contributed by atoms with Gasteiger partial charge in [0, 0.05) is 0 Å². The lowest BCUT2D eigenvalue weighted by atomic mass is 9.95. The molecule has 0 bridgehead atoms. The van der Waals surface area contributed by atoms with Gasteiger partial charge >= 0.3 is 5.97 Å². The van der Waals surface area contributed by atoms with E-state index in [1.807, 2.05) is 0 Å². The predicted molar refractivity (Wildman–Crippen MR) is 146 cm³/mol. The molecule has 0 aliphatic carbocycles. The molecule has 10 heteroatoms. The van der Waals surface area contributed by atoms with E-state index < -0.39 is 12.0 Å². The van der Waals surface area contributed by atoms with E-state index in [4.69, 9.17) is 37.4 Å². The van der Waals surface area contributed by atoms with Gasteiger partial charge in [0.25, 0.3) is 5.56 Å². The average molecular weight is 559 g/mol. The fourth-order valence-electron chi connectivity index (χ4n) is 3.98. The fraction of sp³-hybridized carbons (Fsp3) is 0.222. The Morgan fingerprint density at radius 2 is 1.97 bits per heavy atom. The number of halogens is 2. The monoisotopic (exact) mass is 558 g/mol. The number of benzene rings is 2. The van der Waals surface area contributed by atoms with E-state index in [2.05, 4.69) is 11.6 Å². The number of hydrogen-bond acceptors (Lipinski definition) is 7. The summed E-state index contributed by atoms with van der Waals surface area (Å²) in [6.07, 6.45) is 3.35. The van der Waals surface area contributed by atoms with Crippen LogP contribution in [0.2, 0.25) is 10.0 Å². The average Bonchev–Trinajstić information content (AvgIpc) is 3.18. The number of aromatic nitrogens is 1. The Labute approximate surface area is 227 Å². The van der Waals surface area contributed by atoms with Crippen LogP contribution in [0.3, 0.4) is 0 Å². The Balaban J connectivity index is 1.93. The molecule has 1 aliphatic rings. The van der Waals surface area contributed by atoms with Crippen molar-refractivity contribution in [2.75, 3.05) is 20.3 Å². The standard InChI is InChI=1S/C27H24Cl2N2O5S/c1-5-11-36-20-10-8-17(14-21(20)34-4)24-23(26(33)35-6-2)15(3)30-27-31(24)25(32)22(37-27)13-16-7-9-18(28)19(29)12-16/h5,7-10,12-14,24H,1,6,11H2,2-4H3/b22-13-. The number of ether oxygens (including phenoxy) is 3. The van der Waals surface area contributed by atoms with Crippen LogP contribution in [0.5, 0.6) is 11.5 Å². The lowest BCUT2D eigenvalue weighted by Gasteiger charge is -2.25. The first-order valence-electron chi connectivity index (χ1n) is 11.3. The number of thiazole rings is 1. The van der Waals surface area contributed by atoms with Gasteiger partial charge in [0.2, 0.25) is 0 Å². The lowest BCUT2D eigenvalue weighted by Crippen LogP contribution is -2.40. The molecule has 0 amide bonds. The zero-order valence-electron chi connectivity index (χ0n) is 20.4. The Bertz CT molecular complexity index is 1590. The first-order valence-corrected chi connectivity index (χ1v) is 12.9. The highest BCUT2D eigenvalue weighted by Crippen LogP contribution is 2.36. The minimum Gasteiger partial charge on any atom is -0.493 e. The quantitative estimate of drug-likeness (QED) is 0.296. The molecule has 37 heavy (non-hydrogen) atoms. The van der Waals surface area contributed by atoms with Crippen molar-refractivity contribution < 1.29 is 19.0 Å². The summed E-state index contributed by atoms with van der Waals surface area (Å²) >= 11 is 13.4. The van der Waals surface area contributed by atoms with Gasteiger partial charge in [-0.15, -0.1) is 0 Å². The Kier molecular flexibility index (Phi) is 8.22. The van der Waals surface area contributed by atoms with Gasteiger partial charge < -0.3 is 14.2 Å². The highest BCUT2D eigenvalue weighted by Gasteiger charge is 2.34. The van der Waals surface area contributed by atoms with E-state index in [1.165, 1.54) is 23.0 Å². The number of rotatable bonds is 8. The highest BCUT2D eigenvalue weighted by atomic mass is 35.5. The van der Waals surface area contributed by atoms with Crippen LogP contribution in [-0.2, 0) is 9.53 Å². The van der Waals surface area contributed by atoms with E-state index in [0.29, 0.717) is 54.3 Å². The number of carbonyl (C=O) groups excluding carboxylic acids is 1. The second-order valence-corrected chi connectivity index (χ2v) is 9.81. The van der Waals surface area contributed by atoms with Gasteiger partial charge in [-0.1, -0.05) is 59.3 Å². The minimum atomic E-state index is -0.784. The maximum atomic E-state index is 13.7. The van der Waals surface area contributed by atoms with Crippen molar-refractivity contribution in [3.63, 3.8) is 0 Å². The van der Waals surface area contributed by atoms with Crippen LogP contribution in [0.4, 0.5) is 0 Å². The summed E-state index contributed by atoms with van der Waals surface area (Å²) < 4.78 is 18.5. The topological polar surface area (TPSA) is 79.1 Å². The van der Waals surface area contributed by atoms with Crippen molar-refractivity contribution in [2.45, 2.75) is 19.9 Å². The third kappa shape index (κ3) is 5.37. The number of nitrogens with zero attached hydrogens (tertiary/aromatic N) is 2. The number of fused-ring (bicyclic) bond motifs is 1. The van der Waals surface area contributed by atoms with Crippen molar-refractivity contribution in [1.29, 1.82) is 0 Å². The van der Waals surface area contributed by atoms with Crippen molar-refractivity contribution in [2.24, 2.45) is 4.99 Å². The summed E-state index contributed by atoms with van der Waals surface area (Å²) in [7, 11) is 1.52. The molecule has 1 aliphatic heterocycles. The normalized spacial score (nSPS) is 15.2. The SMILES string of the molecule is C=CCOc1ccc(C2C(C(=O)OCC)=C(C)N=c3s/c(=C\c4ccc(Cl)c(Cl)c4)c(=O)n32)cc1OC. The Morgan fingerprint density at radius 3 is 2.65 bits per heavy atom. The molecule has 1 unspecified atom stereocenters. The van der Waals surface area contributed by atoms with Crippen LogP contribution in [0.15, 0.2) is 70.1 Å². The molecule has 2 heterocycles. The summed E-state index contributed by atoms with van der Waals surface area (Å²) in [6.45, 7) is 7.60. The molecule has 0 N–H and O–H groups in total. The molecule has 2 aromatic carbocycles. The molecule has 1 atom stereocenters. The van der Waals surface area contributed by atoms with Crippen LogP contribution >= 0.6 is 34.5 Å². The van der Waals surface area contributed by atoms with Gasteiger partial charge in [-0.2, -0.15) is 0 Å². The molecule has 7 nitrogen and oxygen atoms in total. The molecular formula is C27H24Cl2N2O5S. The largest absolute Gasteiger partial charge is 0.493 e. The molecule has 0 spiro atoms.